The van der Waals surface area contributed by atoms with E-state index in [0.29, 0.717) is 0 Å². The molecule has 0 amide bonds. The first kappa shape index (κ1) is 24.6. The van der Waals surface area contributed by atoms with Gasteiger partial charge < -0.3 is 0 Å². The lowest BCUT2D eigenvalue weighted by Gasteiger charge is -2.11. The highest BCUT2D eigenvalue weighted by molar-refractivity contribution is 6.12. The lowest BCUT2D eigenvalue weighted by molar-refractivity contribution is 1.38. The molecule has 0 aliphatic rings. The zero-order valence-electron chi connectivity index (χ0n) is 23.8. The highest BCUT2D eigenvalue weighted by Gasteiger charge is 2.12. The zero-order chi connectivity index (χ0) is 29.0. The molecule has 0 N–H and O–H groups in total. The van der Waals surface area contributed by atoms with Gasteiger partial charge in [0.05, 0.1) is 27.9 Å². The van der Waals surface area contributed by atoms with Crippen LogP contribution in [-0.2, 0) is 0 Å². The van der Waals surface area contributed by atoms with E-state index in [1.807, 2.05) is 12.3 Å². The quantitative estimate of drug-likeness (QED) is 0.202. The van der Waals surface area contributed by atoms with Gasteiger partial charge >= 0.3 is 0 Å². The Labute approximate surface area is 254 Å². The molecule has 0 unspecified atom stereocenters. The lowest BCUT2D eigenvalue weighted by atomic mass is 9.97. The van der Waals surface area contributed by atoms with Crippen molar-refractivity contribution in [2.24, 2.45) is 0 Å². The summed E-state index contributed by atoms with van der Waals surface area (Å²) in [6.07, 6.45) is 1.86. The molecule has 9 aromatic rings. The van der Waals surface area contributed by atoms with Crippen LogP contribution >= 0.6 is 0 Å². The number of nitrogens with zero attached hydrogens (tertiary/aromatic N) is 3. The molecule has 9 rings (SSSR count). The smallest absolute Gasteiger partial charge is 0.0780 e. The molecule has 3 aromatic heterocycles. The molecule has 0 fully saturated rings. The molecule has 0 radical (unpaired) electrons. The van der Waals surface area contributed by atoms with E-state index in [1.54, 1.807) is 0 Å². The molecule has 3 heterocycles. The van der Waals surface area contributed by atoms with Gasteiger partial charge in [0.15, 0.2) is 0 Å². The maximum atomic E-state index is 5.19. The van der Waals surface area contributed by atoms with Crippen LogP contribution in [0.25, 0.3) is 87.9 Å². The summed E-state index contributed by atoms with van der Waals surface area (Å²) in [5.41, 5.74) is 9.36. The Morgan fingerprint density at radius 3 is 1.86 bits per heavy atom. The average Bonchev–Trinajstić information content (AvgIpc) is 3.10. The van der Waals surface area contributed by atoms with Crippen molar-refractivity contribution in [1.82, 2.24) is 15.0 Å². The molecule has 204 valence electrons. The molecule has 0 spiro atoms. The number of aromatic nitrogens is 3. The van der Waals surface area contributed by atoms with Crippen molar-refractivity contribution in [3.63, 3.8) is 0 Å². The largest absolute Gasteiger partial charge is 0.256 e. The van der Waals surface area contributed by atoms with Crippen molar-refractivity contribution in [2.45, 2.75) is 0 Å². The van der Waals surface area contributed by atoms with Crippen LogP contribution < -0.4 is 0 Å². The molecule has 0 aliphatic heterocycles. The van der Waals surface area contributed by atoms with E-state index in [1.165, 1.54) is 21.9 Å². The zero-order valence-corrected chi connectivity index (χ0v) is 23.8. The summed E-state index contributed by atoms with van der Waals surface area (Å²) in [4.78, 5) is 15.0. The Kier molecular flexibility index (Phi) is 5.50. The number of rotatable bonds is 3. The van der Waals surface area contributed by atoms with E-state index in [4.69, 9.17) is 9.97 Å². The molecule has 3 nitrogen and oxygen atoms in total. The van der Waals surface area contributed by atoms with Crippen LogP contribution in [0.1, 0.15) is 0 Å². The van der Waals surface area contributed by atoms with E-state index < -0.39 is 0 Å². The summed E-state index contributed by atoms with van der Waals surface area (Å²) >= 11 is 0. The van der Waals surface area contributed by atoms with Crippen molar-refractivity contribution < 1.29 is 0 Å². The van der Waals surface area contributed by atoms with Crippen molar-refractivity contribution in [3.8, 4) is 33.6 Å². The van der Waals surface area contributed by atoms with Gasteiger partial charge in [0.1, 0.15) is 0 Å². The predicted octanol–water partition coefficient (Wildman–Crippen LogP) is 10.6. The average molecular weight is 560 g/mol. The fourth-order valence-electron chi connectivity index (χ4n) is 6.48. The van der Waals surface area contributed by atoms with E-state index >= 15 is 0 Å². The first-order chi connectivity index (χ1) is 21.8. The molecule has 0 saturated heterocycles. The minimum atomic E-state index is 0.934. The second kappa shape index (κ2) is 9.82. The van der Waals surface area contributed by atoms with E-state index in [-0.39, 0.29) is 0 Å². The number of fused-ring (bicyclic) bond motifs is 6. The Bertz CT molecular complexity index is 2560. The van der Waals surface area contributed by atoms with Gasteiger partial charge in [-0.05, 0) is 63.7 Å². The van der Waals surface area contributed by atoms with Crippen LogP contribution in [0, 0.1) is 0 Å². The maximum absolute atomic E-state index is 5.19. The lowest BCUT2D eigenvalue weighted by Crippen LogP contribution is -1.91. The molecule has 6 aromatic carbocycles. The SMILES string of the molecule is c1ccc2c(-c3ccc4ccc(-c5ccc6ccc(-c7cc8cccnc8c8ccccc78)nc6c5)nc4c3)cccc2c1. The monoisotopic (exact) mass is 559 g/mol. The van der Waals surface area contributed by atoms with Crippen LogP contribution in [-0.4, -0.2) is 15.0 Å². The topological polar surface area (TPSA) is 38.7 Å². The van der Waals surface area contributed by atoms with Crippen molar-refractivity contribution in [1.29, 1.82) is 0 Å². The molecular formula is C41H25N3. The first-order valence-corrected chi connectivity index (χ1v) is 14.9. The first-order valence-electron chi connectivity index (χ1n) is 14.9. The van der Waals surface area contributed by atoms with Gasteiger partial charge in [0.2, 0.25) is 0 Å². The maximum Gasteiger partial charge on any atom is 0.0780 e. The summed E-state index contributed by atoms with van der Waals surface area (Å²) in [5.74, 6) is 0. The number of hydrogen-bond donors (Lipinski definition) is 0. The van der Waals surface area contributed by atoms with Gasteiger partial charge in [-0.15, -0.1) is 0 Å². The van der Waals surface area contributed by atoms with E-state index in [9.17, 15) is 0 Å². The van der Waals surface area contributed by atoms with Gasteiger partial charge in [0.25, 0.3) is 0 Å². The Morgan fingerprint density at radius 1 is 0.364 bits per heavy atom. The second-order valence-corrected chi connectivity index (χ2v) is 11.3. The van der Waals surface area contributed by atoms with Crippen LogP contribution in [0.3, 0.4) is 0 Å². The second-order valence-electron chi connectivity index (χ2n) is 11.3. The third-order valence-electron chi connectivity index (χ3n) is 8.67. The molecule has 0 aliphatic carbocycles. The summed E-state index contributed by atoms with van der Waals surface area (Å²) in [6.45, 7) is 0. The third kappa shape index (κ3) is 4.02. The Hall–Kier alpha value is -5.93. The highest BCUT2D eigenvalue weighted by atomic mass is 14.7. The third-order valence-corrected chi connectivity index (χ3v) is 8.67. The molecule has 0 atom stereocenters. The van der Waals surface area contributed by atoms with Crippen LogP contribution in [0.4, 0.5) is 0 Å². The predicted molar refractivity (Wildman–Crippen MR) is 184 cm³/mol. The van der Waals surface area contributed by atoms with Gasteiger partial charge in [-0.3, -0.25) is 4.98 Å². The summed E-state index contributed by atoms with van der Waals surface area (Å²) in [6, 6.07) is 51.3. The normalized spacial score (nSPS) is 11.6. The molecule has 0 bridgehead atoms. The van der Waals surface area contributed by atoms with Crippen molar-refractivity contribution >= 4 is 54.3 Å². The molecular weight excluding hydrogens is 534 g/mol. The summed E-state index contributed by atoms with van der Waals surface area (Å²) in [7, 11) is 0. The standard InChI is InChI=1S/C41H25N3/c1-2-10-32-26(7-1)8-5-13-33(32)29-16-14-27-18-20-37(43-39(27)24-29)30-17-15-28-19-21-38(44-40(28)25-30)36-23-31-9-6-22-42-41(31)35-12-4-3-11-34(35)36/h1-25H. The van der Waals surface area contributed by atoms with Crippen molar-refractivity contribution in [2.75, 3.05) is 0 Å². The van der Waals surface area contributed by atoms with E-state index in [0.717, 1.165) is 66.0 Å². The minimum Gasteiger partial charge on any atom is -0.256 e. The number of benzene rings is 6. The van der Waals surface area contributed by atoms with E-state index in [2.05, 4.69) is 145 Å². The highest BCUT2D eigenvalue weighted by Crippen LogP contribution is 2.35. The fraction of sp³-hybridized carbons (Fsp3) is 0. The van der Waals surface area contributed by atoms with Gasteiger partial charge in [-0.2, -0.15) is 0 Å². The molecule has 0 saturated carbocycles. The Balaban J connectivity index is 1.16. The summed E-state index contributed by atoms with van der Waals surface area (Å²) in [5, 5.41) is 8.11. The van der Waals surface area contributed by atoms with Crippen LogP contribution in [0.2, 0.25) is 0 Å². The molecule has 3 heteroatoms. The van der Waals surface area contributed by atoms with Gasteiger partial charge in [-0.25, -0.2) is 9.97 Å². The van der Waals surface area contributed by atoms with Crippen LogP contribution in [0.5, 0.6) is 0 Å². The Morgan fingerprint density at radius 2 is 1.00 bits per heavy atom. The van der Waals surface area contributed by atoms with Crippen LogP contribution in [0.15, 0.2) is 152 Å². The summed E-state index contributed by atoms with van der Waals surface area (Å²) < 4.78 is 0. The number of hydrogen-bond acceptors (Lipinski definition) is 3. The number of pyridine rings is 3. The fourth-order valence-corrected chi connectivity index (χ4v) is 6.48. The molecule has 44 heavy (non-hydrogen) atoms. The van der Waals surface area contributed by atoms with Gasteiger partial charge in [0, 0.05) is 38.9 Å². The van der Waals surface area contributed by atoms with Gasteiger partial charge in [-0.1, -0.05) is 109 Å². The van der Waals surface area contributed by atoms with Crippen molar-refractivity contribution in [3.05, 3.63) is 152 Å². The minimum absolute atomic E-state index is 0.934.